The van der Waals surface area contributed by atoms with Crippen molar-refractivity contribution >= 4 is 11.7 Å². The third kappa shape index (κ3) is 8.81. The zero-order valence-electron chi connectivity index (χ0n) is 23.7. The molecule has 0 amide bonds. The Bertz CT molecular complexity index is 1120. The summed E-state index contributed by atoms with van der Waals surface area (Å²) < 4.78 is 48.7. The van der Waals surface area contributed by atoms with Gasteiger partial charge in [-0.25, -0.2) is 4.79 Å². The lowest BCUT2D eigenvalue weighted by molar-refractivity contribution is -0.160. The van der Waals surface area contributed by atoms with E-state index in [1.54, 1.807) is 25.3 Å². The van der Waals surface area contributed by atoms with Crippen molar-refractivity contribution in [2.24, 2.45) is 5.41 Å². The Kier molecular flexibility index (Phi) is 9.51. The van der Waals surface area contributed by atoms with Gasteiger partial charge < -0.3 is 19.5 Å². The molecular weight excluding hydrogens is 511 g/mol. The number of unbranched alkanes of at least 4 members (excludes halogenated alkanes) is 1. The molecule has 10 heteroatoms. The second-order valence-electron chi connectivity index (χ2n) is 11.9. The lowest BCUT2D eigenvalue weighted by Gasteiger charge is -2.40. The van der Waals surface area contributed by atoms with Crippen LogP contribution in [0.3, 0.4) is 0 Å². The molecule has 0 spiro atoms. The molecule has 1 aliphatic heterocycles. The van der Waals surface area contributed by atoms with Gasteiger partial charge in [0.05, 0.1) is 29.8 Å². The molecule has 0 unspecified atom stereocenters. The minimum absolute atomic E-state index is 0.00417. The van der Waals surface area contributed by atoms with E-state index in [9.17, 15) is 23.1 Å². The van der Waals surface area contributed by atoms with Crippen molar-refractivity contribution in [3.63, 3.8) is 0 Å². The fourth-order valence-electron chi connectivity index (χ4n) is 4.62. The van der Waals surface area contributed by atoms with E-state index < -0.39 is 30.3 Å². The number of piperidine rings is 1. The first-order valence-corrected chi connectivity index (χ1v) is 13.4. The zero-order chi connectivity index (χ0) is 29.0. The number of aryl methyl sites for hydroxylation is 1. The number of hydrogen-bond donors (Lipinski definition) is 1. The predicted octanol–water partition coefficient (Wildman–Crippen LogP) is 7.13. The number of aromatic nitrogens is 2. The molecule has 0 aromatic carbocycles. The smallest absolute Gasteiger partial charge is 0.389 e. The van der Waals surface area contributed by atoms with E-state index in [0.29, 0.717) is 28.3 Å². The van der Waals surface area contributed by atoms with Crippen LogP contribution in [0.5, 0.6) is 5.75 Å². The number of pyridine rings is 2. The van der Waals surface area contributed by atoms with E-state index in [0.717, 1.165) is 31.6 Å². The van der Waals surface area contributed by atoms with E-state index >= 15 is 0 Å². The molecule has 1 saturated heterocycles. The number of halogens is 3. The number of carbonyl (C=O) groups is 1. The van der Waals surface area contributed by atoms with Gasteiger partial charge in [0.1, 0.15) is 5.75 Å². The Labute approximate surface area is 228 Å². The van der Waals surface area contributed by atoms with E-state index in [1.165, 1.54) is 6.20 Å². The van der Waals surface area contributed by atoms with Crippen LogP contribution < -0.4 is 9.64 Å². The first kappa shape index (κ1) is 30.7. The number of hydrogen-bond acceptors (Lipinski definition) is 6. The summed E-state index contributed by atoms with van der Waals surface area (Å²) in [6.07, 6.45) is -0.796. The molecule has 2 aromatic rings. The number of carboxylic acids is 1. The van der Waals surface area contributed by atoms with Gasteiger partial charge in [0.25, 0.3) is 0 Å². The molecule has 1 N–H and O–H groups in total. The molecule has 0 saturated carbocycles. The SMILES string of the molecule is Cc1ncc(-c2ccc(OCCCCC(F)(F)F)cn2)c(N2CCC(C)(C)CC2)c1[C@H](OC(C)(C)C)C(=O)O. The van der Waals surface area contributed by atoms with Crippen LogP contribution in [-0.4, -0.2) is 52.5 Å². The molecule has 1 atom stereocenters. The number of alkyl halides is 3. The summed E-state index contributed by atoms with van der Waals surface area (Å²) in [4.78, 5) is 23.8. The van der Waals surface area contributed by atoms with Gasteiger partial charge in [-0.05, 0) is 70.9 Å². The van der Waals surface area contributed by atoms with E-state index in [4.69, 9.17) is 9.47 Å². The summed E-state index contributed by atoms with van der Waals surface area (Å²) in [5.74, 6) is -0.639. The van der Waals surface area contributed by atoms with Gasteiger partial charge >= 0.3 is 12.1 Å². The first-order valence-electron chi connectivity index (χ1n) is 13.4. The highest BCUT2D eigenvalue weighted by Gasteiger charge is 2.36. The number of ether oxygens (including phenoxy) is 2. The zero-order valence-corrected chi connectivity index (χ0v) is 23.7. The molecule has 0 radical (unpaired) electrons. The van der Waals surface area contributed by atoms with Crippen LogP contribution in [0, 0.1) is 12.3 Å². The first-order chi connectivity index (χ1) is 18.1. The Morgan fingerprint density at radius 2 is 1.77 bits per heavy atom. The van der Waals surface area contributed by atoms with E-state index in [1.807, 2.05) is 20.8 Å². The number of aliphatic carboxylic acids is 1. The summed E-state index contributed by atoms with van der Waals surface area (Å²) in [6, 6.07) is 3.48. The molecule has 0 bridgehead atoms. The van der Waals surface area contributed by atoms with Crippen LogP contribution in [-0.2, 0) is 9.53 Å². The second kappa shape index (κ2) is 12.1. The van der Waals surface area contributed by atoms with Crippen LogP contribution in [0.15, 0.2) is 24.5 Å². The lowest BCUT2D eigenvalue weighted by Crippen LogP contribution is -2.39. The molecule has 7 nitrogen and oxygen atoms in total. The Morgan fingerprint density at radius 3 is 2.31 bits per heavy atom. The standard InChI is InChI=1S/C29H40F3N3O4/c1-19-23(25(26(36)37)39-27(2,3)4)24(35-14-12-28(5,6)13-15-35)21(18-33-19)22-10-9-20(17-34-22)38-16-8-7-11-29(30,31)32/h9-10,17-18,25H,7-8,11-16H2,1-6H3,(H,36,37)/t25-/m0/s1. The summed E-state index contributed by atoms with van der Waals surface area (Å²) in [7, 11) is 0. The van der Waals surface area contributed by atoms with Crippen LogP contribution >= 0.6 is 0 Å². The van der Waals surface area contributed by atoms with Crippen LogP contribution in [0.2, 0.25) is 0 Å². The summed E-state index contributed by atoms with van der Waals surface area (Å²) in [6.45, 7) is 13.4. The molecule has 2 aromatic heterocycles. The number of carboxylic acid groups (broad SMARTS) is 1. The quantitative estimate of drug-likeness (QED) is 0.314. The van der Waals surface area contributed by atoms with Crippen molar-refractivity contribution < 1.29 is 32.5 Å². The minimum atomic E-state index is -4.16. The van der Waals surface area contributed by atoms with Crippen molar-refractivity contribution in [3.8, 4) is 17.0 Å². The van der Waals surface area contributed by atoms with Crippen LogP contribution in [0.1, 0.15) is 84.1 Å². The largest absolute Gasteiger partial charge is 0.492 e. The highest BCUT2D eigenvalue weighted by Crippen LogP contribution is 2.43. The van der Waals surface area contributed by atoms with Gasteiger partial charge in [0, 0.05) is 42.5 Å². The Balaban J connectivity index is 1.96. The van der Waals surface area contributed by atoms with Gasteiger partial charge in [-0.2, -0.15) is 13.2 Å². The molecule has 1 aliphatic rings. The maximum atomic E-state index is 12.5. The predicted molar refractivity (Wildman–Crippen MR) is 144 cm³/mol. The summed E-state index contributed by atoms with van der Waals surface area (Å²) in [5.41, 5.74) is 2.61. The van der Waals surface area contributed by atoms with Crippen LogP contribution in [0.4, 0.5) is 18.9 Å². The minimum Gasteiger partial charge on any atom is -0.492 e. The monoisotopic (exact) mass is 551 g/mol. The molecule has 39 heavy (non-hydrogen) atoms. The highest BCUT2D eigenvalue weighted by molar-refractivity contribution is 5.85. The van der Waals surface area contributed by atoms with Crippen molar-refractivity contribution in [1.82, 2.24) is 9.97 Å². The van der Waals surface area contributed by atoms with Crippen molar-refractivity contribution in [1.29, 1.82) is 0 Å². The van der Waals surface area contributed by atoms with Gasteiger partial charge in [-0.1, -0.05) is 13.8 Å². The summed E-state index contributed by atoms with van der Waals surface area (Å²) >= 11 is 0. The Morgan fingerprint density at radius 1 is 1.10 bits per heavy atom. The highest BCUT2D eigenvalue weighted by atomic mass is 19.4. The number of nitrogens with zero attached hydrogens (tertiary/aromatic N) is 3. The third-order valence-corrected chi connectivity index (χ3v) is 6.81. The summed E-state index contributed by atoms with van der Waals surface area (Å²) in [5, 5.41) is 10.2. The average molecular weight is 552 g/mol. The average Bonchev–Trinajstić information content (AvgIpc) is 2.81. The van der Waals surface area contributed by atoms with E-state index in [2.05, 4.69) is 28.7 Å². The van der Waals surface area contributed by atoms with Crippen molar-refractivity contribution in [2.45, 2.75) is 91.5 Å². The maximum absolute atomic E-state index is 12.5. The fourth-order valence-corrected chi connectivity index (χ4v) is 4.62. The fraction of sp³-hybridized carbons (Fsp3) is 0.621. The Hall–Kier alpha value is -2.88. The van der Waals surface area contributed by atoms with Gasteiger partial charge in [0.15, 0.2) is 6.10 Å². The second-order valence-corrected chi connectivity index (χ2v) is 11.9. The number of anilines is 1. The van der Waals surface area contributed by atoms with E-state index in [-0.39, 0.29) is 24.9 Å². The van der Waals surface area contributed by atoms with Crippen LogP contribution in [0.25, 0.3) is 11.3 Å². The molecule has 3 rings (SSSR count). The molecule has 3 heterocycles. The van der Waals surface area contributed by atoms with Gasteiger partial charge in [-0.15, -0.1) is 0 Å². The topological polar surface area (TPSA) is 84.8 Å². The lowest BCUT2D eigenvalue weighted by atomic mass is 9.82. The van der Waals surface area contributed by atoms with Crippen molar-refractivity contribution in [2.75, 3.05) is 24.6 Å². The normalized spacial score (nSPS) is 16.7. The molecular formula is C29H40F3N3O4. The third-order valence-electron chi connectivity index (χ3n) is 6.81. The molecule has 216 valence electrons. The number of rotatable bonds is 10. The maximum Gasteiger partial charge on any atom is 0.389 e. The molecule has 0 aliphatic carbocycles. The van der Waals surface area contributed by atoms with Crippen molar-refractivity contribution in [3.05, 3.63) is 35.8 Å². The molecule has 1 fully saturated rings. The van der Waals surface area contributed by atoms with Gasteiger partial charge in [0.2, 0.25) is 0 Å². The van der Waals surface area contributed by atoms with Gasteiger partial charge in [-0.3, -0.25) is 9.97 Å².